The van der Waals surface area contributed by atoms with Crippen LogP contribution in [0.25, 0.3) is 0 Å². The van der Waals surface area contributed by atoms with E-state index >= 15 is 0 Å². The summed E-state index contributed by atoms with van der Waals surface area (Å²) in [4.78, 5) is 14.2. The first-order chi connectivity index (χ1) is 11.4. The average molecular weight is 343 g/mol. The topological polar surface area (TPSA) is 53.3 Å². The molecule has 2 unspecified atom stereocenters. The predicted molar refractivity (Wildman–Crippen MR) is 93.9 cm³/mol. The highest BCUT2D eigenvalue weighted by atomic mass is 35.5. The molecule has 4 nitrogen and oxygen atoms in total. The zero-order chi connectivity index (χ0) is 17.7. The normalized spacial score (nSPS) is 12.8. The predicted octanol–water partition coefficient (Wildman–Crippen LogP) is 4.20. The van der Waals surface area contributed by atoms with Gasteiger partial charge in [0.25, 0.3) is 5.91 Å². The minimum absolute atomic E-state index is 0.0956. The Morgan fingerprint density at radius 2 is 1.71 bits per heavy atom. The van der Waals surface area contributed by atoms with E-state index in [0.29, 0.717) is 16.3 Å². The number of benzene rings is 2. The summed E-state index contributed by atoms with van der Waals surface area (Å²) >= 11 is 5.90. The molecule has 0 saturated heterocycles. The molecule has 24 heavy (non-hydrogen) atoms. The molecule has 0 aliphatic rings. The van der Waals surface area contributed by atoms with Crippen LogP contribution in [-0.4, -0.2) is 24.0 Å². The summed E-state index contributed by atoms with van der Waals surface area (Å²) in [5.41, 5.74) is 1.55. The van der Waals surface area contributed by atoms with E-state index in [1.165, 1.54) is 0 Å². The minimum atomic E-state index is -0.627. The number of likely N-dealkylation sites (N-methyl/N-ethyl adjacent to an activating group) is 1. The number of hydrogen-bond acceptors (Lipinski definition) is 3. The number of carbonyl (C=O) groups excluding carboxylic acids is 1. The monoisotopic (exact) mass is 342 g/mol. The highest BCUT2D eigenvalue weighted by Gasteiger charge is 2.24. The molecular formula is C19H19ClN2O2. The standard InChI is InChI=1S/C19H19ClN2O2/c1-13(16-6-8-17(20)9-7-16)22(3)19(23)14(2)24-18-10-4-15(12-21)5-11-18/h4-11,13-14H,1-3H3. The lowest BCUT2D eigenvalue weighted by atomic mass is 10.1. The summed E-state index contributed by atoms with van der Waals surface area (Å²) in [5, 5.41) is 9.46. The molecule has 0 aromatic heterocycles. The molecule has 0 N–H and O–H groups in total. The van der Waals surface area contributed by atoms with Crippen molar-refractivity contribution in [3.05, 3.63) is 64.7 Å². The smallest absolute Gasteiger partial charge is 0.263 e. The van der Waals surface area contributed by atoms with E-state index in [1.807, 2.05) is 37.3 Å². The fraction of sp³-hybridized carbons (Fsp3) is 0.263. The van der Waals surface area contributed by atoms with Crippen molar-refractivity contribution in [1.82, 2.24) is 4.90 Å². The Hall–Kier alpha value is -2.51. The van der Waals surface area contributed by atoms with Gasteiger partial charge in [-0.25, -0.2) is 0 Å². The zero-order valence-electron chi connectivity index (χ0n) is 13.9. The Balaban J connectivity index is 2.03. The van der Waals surface area contributed by atoms with Gasteiger partial charge in [0.05, 0.1) is 17.7 Å². The molecule has 2 aromatic rings. The van der Waals surface area contributed by atoms with Crippen LogP contribution in [0.4, 0.5) is 0 Å². The molecule has 0 fully saturated rings. The molecule has 0 bridgehead atoms. The van der Waals surface area contributed by atoms with Gasteiger partial charge in [0.15, 0.2) is 6.10 Å². The van der Waals surface area contributed by atoms with Crippen molar-refractivity contribution >= 4 is 17.5 Å². The number of halogens is 1. The lowest BCUT2D eigenvalue weighted by molar-refractivity contribution is -0.138. The van der Waals surface area contributed by atoms with E-state index in [0.717, 1.165) is 5.56 Å². The van der Waals surface area contributed by atoms with Gasteiger partial charge < -0.3 is 9.64 Å². The summed E-state index contributed by atoms with van der Waals surface area (Å²) in [7, 11) is 1.75. The van der Waals surface area contributed by atoms with Gasteiger partial charge in [-0.15, -0.1) is 0 Å². The second kappa shape index (κ2) is 7.85. The van der Waals surface area contributed by atoms with Crippen molar-refractivity contribution < 1.29 is 9.53 Å². The Morgan fingerprint density at radius 1 is 1.12 bits per heavy atom. The van der Waals surface area contributed by atoms with Crippen molar-refractivity contribution in [3.63, 3.8) is 0 Å². The number of rotatable bonds is 5. The number of nitriles is 1. The zero-order valence-corrected chi connectivity index (χ0v) is 14.6. The van der Waals surface area contributed by atoms with Crippen LogP contribution in [0.15, 0.2) is 48.5 Å². The summed E-state index contributed by atoms with van der Waals surface area (Å²) in [6.45, 7) is 3.67. The van der Waals surface area contributed by atoms with Gasteiger partial charge in [-0.05, 0) is 55.8 Å². The molecular weight excluding hydrogens is 324 g/mol. The van der Waals surface area contributed by atoms with Crippen LogP contribution in [0.2, 0.25) is 5.02 Å². The highest BCUT2D eigenvalue weighted by molar-refractivity contribution is 6.30. The lowest BCUT2D eigenvalue weighted by Gasteiger charge is -2.28. The molecule has 2 aromatic carbocycles. The molecule has 0 saturated carbocycles. The highest BCUT2D eigenvalue weighted by Crippen LogP contribution is 2.22. The first-order valence-electron chi connectivity index (χ1n) is 7.61. The maximum Gasteiger partial charge on any atom is 0.263 e. The van der Waals surface area contributed by atoms with Gasteiger partial charge in [-0.3, -0.25) is 4.79 Å². The molecule has 2 rings (SSSR count). The summed E-state index contributed by atoms with van der Waals surface area (Å²) < 4.78 is 5.68. The van der Waals surface area contributed by atoms with Crippen molar-refractivity contribution in [2.24, 2.45) is 0 Å². The minimum Gasteiger partial charge on any atom is -0.481 e. The molecule has 0 aliphatic heterocycles. The molecule has 124 valence electrons. The second-order valence-electron chi connectivity index (χ2n) is 5.57. The van der Waals surface area contributed by atoms with Crippen LogP contribution in [0.1, 0.15) is 31.0 Å². The Kier molecular flexibility index (Phi) is 5.83. The van der Waals surface area contributed by atoms with E-state index in [4.69, 9.17) is 21.6 Å². The molecule has 1 amide bonds. The average Bonchev–Trinajstić information content (AvgIpc) is 2.61. The van der Waals surface area contributed by atoms with Crippen LogP contribution < -0.4 is 4.74 Å². The number of amides is 1. The summed E-state index contributed by atoms with van der Waals surface area (Å²) in [5.74, 6) is 0.434. The number of hydrogen-bond donors (Lipinski definition) is 0. The fourth-order valence-corrected chi connectivity index (χ4v) is 2.43. The third-order valence-corrected chi connectivity index (χ3v) is 4.18. The summed E-state index contributed by atoms with van der Waals surface area (Å²) in [6.07, 6.45) is -0.627. The molecule has 0 radical (unpaired) electrons. The third-order valence-electron chi connectivity index (χ3n) is 3.93. The largest absolute Gasteiger partial charge is 0.481 e. The van der Waals surface area contributed by atoms with Crippen LogP contribution in [0.3, 0.4) is 0 Å². The van der Waals surface area contributed by atoms with Gasteiger partial charge >= 0.3 is 0 Å². The van der Waals surface area contributed by atoms with E-state index < -0.39 is 6.10 Å². The van der Waals surface area contributed by atoms with Gasteiger partial charge in [0.1, 0.15) is 5.75 Å². The first-order valence-corrected chi connectivity index (χ1v) is 7.99. The lowest BCUT2D eigenvalue weighted by Crippen LogP contribution is -2.39. The van der Waals surface area contributed by atoms with E-state index in [2.05, 4.69) is 0 Å². The molecule has 2 atom stereocenters. The molecule has 0 aliphatic carbocycles. The van der Waals surface area contributed by atoms with Crippen LogP contribution >= 0.6 is 11.6 Å². The fourth-order valence-electron chi connectivity index (χ4n) is 2.31. The quantitative estimate of drug-likeness (QED) is 0.818. The Labute approximate surface area is 147 Å². The van der Waals surface area contributed by atoms with E-state index in [-0.39, 0.29) is 11.9 Å². The van der Waals surface area contributed by atoms with Crippen molar-refractivity contribution in [1.29, 1.82) is 5.26 Å². The van der Waals surface area contributed by atoms with Gasteiger partial charge in [-0.2, -0.15) is 5.26 Å². The van der Waals surface area contributed by atoms with Crippen LogP contribution in [-0.2, 0) is 4.79 Å². The summed E-state index contributed by atoms with van der Waals surface area (Å²) in [6, 6.07) is 16.1. The third kappa shape index (κ3) is 4.27. The SMILES string of the molecule is CC(Oc1ccc(C#N)cc1)C(=O)N(C)C(C)c1ccc(Cl)cc1. The number of carbonyl (C=O) groups is 1. The maximum absolute atomic E-state index is 12.6. The van der Waals surface area contributed by atoms with Crippen LogP contribution in [0.5, 0.6) is 5.75 Å². The molecule has 5 heteroatoms. The van der Waals surface area contributed by atoms with Crippen molar-refractivity contribution in [2.45, 2.75) is 26.0 Å². The van der Waals surface area contributed by atoms with Gasteiger partial charge in [0.2, 0.25) is 0 Å². The van der Waals surface area contributed by atoms with Crippen molar-refractivity contribution in [2.75, 3.05) is 7.05 Å². The van der Waals surface area contributed by atoms with Gasteiger partial charge in [0, 0.05) is 12.1 Å². The number of ether oxygens (including phenoxy) is 1. The molecule has 0 spiro atoms. The number of nitrogens with zero attached hydrogens (tertiary/aromatic N) is 2. The molecule has 0 heterocycles. The van der Waals surface area contributed by atoms with Crippen LogP contribution in [0, 0.1) is 11.3 Å². The Bertz CT molecular complexity index is 735. The van der Waals surface area contributed by atoms with Gasteiger partial charge in [-0.1, -0.05) is 23.7 Å². The maximum atomic E-state index is 12.6. The second-order valence-corrected chi connectivity index (χ2v) is 6.01. The van der Waals surface area contributed by atoms with E-state index in [9.17, 15) is 4.79 Å². The first kappa shape index (κ1) is 17.8. The van der Waals surface area contributed by atoms with Crippen molar-refractivity contribution in [3.8, 4) is 11.8 Å². The Morgan fingerprint density at radius 3 is 2.25 bits per heavy atom. The van der Waals surface area contributed by atoms with E-state index in [1.54, 1.807) is 43.1 Å².